The standard InChI is InChI=1S/C17H33N3O/c1-14-12-19(2)9-4-10-20(14)16-5-3-8-17(11-16,13-21)18-15-6-7-15/h14-16,18,21H,3-13H2,1-2H3. The van der Waals surface area contributed by atoms with Gasteiger partial charge < -0.3 is 15.3 Å². The maximum absolute atomic E-state index is 10.0. The van der Waals surface area contributed by atoms with Crippen molar-refractivity contribution in [3.8, 4) is 0 Å². The Morgan fingerprint density at radius 1 is 1.19 bits per heavy atom. The summed E-state index contributed by atoms with van der Waals surface area (Å²) in [6, 6.07) is 1.97. The van der Waals surface area contributed by atoms with Gasteiger partial charge in [-0.25, -0.2) is 0 Å². The molecule has 3 aliphatic rings. The summed E-state index contributed by atoms with van der Waals surface area (Å²) >= 11 is 0. The van der Waals surface area contributed by atoms with E-state index in [9.17, 15) is 5.11 Å². The topological polar surface area (TPSA) is 38.7 Å². The summed E-state index contributed by atoms with van der Waals surface area (Å²) < 4.78 is 0. The van der Waals surface area contributed by atoms with Crippen molar-refractivity contribution in [1.29, 1.82) is 0 Å². The number of nitrogens with zero attached hydrogens (tertiary/aromatic N) is 2. The molecule has 4 nitrogen and oxygen atoms in total. The van der Waals surface area contributed by atoms with Crippen molar-refractivity contribution in [3.63, 3.8) is 0 Å². The first-order valence-corrected chi connectivity index (χ1v) is 8.95. The van der Waals surface area contributed by atoms with Crippen molar-refractivity contribution in [2.24, 2.45) is 0 Å². The van der Waals surface area contributed by atoms with Crippen molar-refractivity contribution in [3.05, 3.63) is 0 Å². The zero-order valence-corrected chi connectivity index (χ0v) is 13.9. The van der Waals surface area contributed by atoms with Gasteiger partial charge in [-0.2, -0.15) is 0 Å². The second-order valence-electron chi connectivity index (χ2n) is 7.81. The predicted octanol–water partition coefficient (Wildman–Crippen LogP) is 1.44. The van der Waals surface area contributed by atoms with Gasteiger partial charge in [0, 0.05) is 30.2 Å². The van der Waals surface area contributed by atoms with E-state index in [0.717, 1.165) is 12.8 Å². The Bertz CT molecular complexity index is 347. The SMILES string of the molecule is CC1CN(C)CCCN1C1CCCC(CO)(NC2CC2)C1. The highest BCUT2D eigenvalue weighted by Crippen LogP contribution is 2.35. The molecule has 0 radical (unpaired) electrons. The third kappa shape index (κ3) is 3.79. The number of hydrogen-bond acceptors (Lipinski definition) is 4. The molecule has 0 aromatic carbocycles. The Balaban J connectivity index is 1.66. The molecular formula is C17H33N3O. The Hall–Kier alpha value is -0.160. The van der Waals surface area contributed by atoms with Gasteiger partial charge in [-0.05, 0) is 72.0 Å². The van der Waals surface area contributed by atoms with Crippen molar-refractivity contribution in [2.45, 2.75) is 75.5 Å². The Kier molecular flexibility index (Phi) is 4.89. The van der Waals surface area contributed by atoms with E-state index >= 15 is 0 Å². The fraction of sp³-hybridized carbons (Fsp3) is 1.00. The minimum atomic E-state index is 0.00199. The average Bonchev–Trinajstić information content (AvgIpc) is 3.28. The van der Waals surface area contributed by atoms with Gasteiger partial charge in [0.05, 0.1) is 6.61 Å². The van der Waals surface area contributed by atoms with E-state index < -0.39 is 0 Å². The number of hydrogen-bond donors (Lipinski definition) is 2. The van der Waals surface area contributed by atoms with Gasteiger partial charge in [0.15, 0.2) is 0 Å². The Labute approximate surface area is 129 Å². The van der Waals surface area contributed by atoms with E-state index in [1.54, 1.807) is 0 Å². The van der Waals surface area contributed by atoms with Gasteiger partial charge in [-0.1, -0.05) is 0 Å². The first kappa shape index (κ1) is 15.7. The lowest BCUT2D eigenvalue weighted by Crippen LogP contribution is -2.58. The van der Waals surface area contributed by atoms with Gasteiger partial charge >= 0.3 is 0 Å². The van der Waals surface area contributed by atoms with Crippen LogP contribution < -0.4 is 5.32 Å². The summed E-state index contributed by atoms with van der Waals surface area (Å²) in [5.74, 6) is 0. The molecule has 0 spiro atoms. The molecule has 3 rings (SSSR count). The summed E-state index contributed by atoms with van der Waals surface area (Å²) in [5.41, 5.74) is 0.00199. The molecule has 3 atom stereocenters. The molecule has 1 saturated heterocycles. The summed E-state index contributed by atoms with van der Waals surface area (Å²) in [4.78, 5) is 5.21. The fourth-order valence-electron chi connectivity index (χ4n) is 4.53. The van der Waals surface area contributed by atoms with Crippen molar-refractivity contribution >= 4 is 0 Å². The Morgan fingerprint density at radius 3 is 2.71 bits per heavy atom. The van der Waals surface area contributed by atoms with Gasteiger partial charge in [-0.15, -0.1) is 0 Å². The number of aliphatic hydroxyl groups excluding tert-OH is 1. The van der Waals surface area contributed by atoms with Crippen LogP contribution in [0.5, 0.6) is 0 Å². The fourth-order valence-corrected chi connectivity index (χ4v) is 4.53. The molecule has 122 valence electrons. The van der Waals surface area contributed by atoms with Crippen LogP contribution in [-0.2, 0) is 0 Å². The highest BCUT2D eigenvalue weighted by atomic mass is 16.3. The molecule has 2 aliphatic carbocycles. The van der Waals surface area contributed by atoms with Crippen LogP contribution in [0.2, 0.25) is 0 Å². The average molecular weight is 295 g/mol. The number of aliphatic hydroxyl groups is 1. The molecule has 3 unspecified atom stereocenters. The van der Waals surface area contributed by atoms with Crippen molar-refractivity contribution < 1.29 is 5.11 Å². The monoisotopic (exact) mass is 295 g/mol. The molecule has 0 bridgehead atoms. The van der Waals surface area contributed by atoms with Crippen LogP contribution in [0.1, 0.15) is 51.9 Å². The van der Waals surface area contributed by atoms with E-state index in [1.165, 1.54) is 51.7 Å². The zero-order valence-electron chi connectivity index (χ0n) is 13.9. The highest BCUT2D eigenvalue weighted by Gasteiger charge is 2.42. The Morgan fingerprint density at radius 2 is 2.00 bits per heavy atom. The lowest BCUT2D eigenvalue weighted by Gasteiger charge is -2.46. The number of rotatable bonds is 4. The van der Waals surface area contributed by atoms with E-state index in [1.807, 2.05) is 0 Å². The van der Waals surface area contributed by atoms with E-state index in [2.05, 4.69) is 29.1 Å². The first-order chi connectivity index (χ1) is 10.1. The van der Waals surface area contributed by atoms with Crippen LogP contribution in [0.3, 0.4) is 0 Å². The molecule has 2 N–H and O–H groups in total. The predicted molar refractivity (Wildman–Crippen MR) is 86.5 cm³/mol. The number of likely N-dealkylation sites (N-methyl/N-ethyl adjacent to an activating group) is 1. The summed E-state index contributed by atoms with van der Waals surface area (Å²) in [6.45, 7) is 6.31. The molecular weight excluding hydrogens is 262 g/mol. The zero-order chi connectivity index (χ0) is 14.9. The minimum absolute atomic E-state index is 0.00199. The van der Waals surface area contributed by atoms with Gasteiger partial charge in [0.25, 0.3) is 0 Å². The largest absolute Gasteiger partial charge is 0.394 e. The quantitative estimate of drug-likeness (QED) is 0.823. The summed E-state index contributed by atoms with van der Waals surface area (Å²) in [6.07, 6.45) is 8.73. The molecule has 0 aromatic rings. The van der Waals surface area contributed by atoms with Crippen LogP contribution in [0.4, 0.5) is 0 Å². The van der Waals surface area contributed by atoms with Crippen LogP contribution in [0.25, 0.3) is 0 Å². The van der Waals surface area contributed by atoms with E-state index in [-0.39, 0.29) is 5.54 Å². The van der Waals surface area contributed by atoms with E-state index in [4.69, 9.17) is 0 Å². The highest BCUT2D eigenvalue weighted by molar-refractivity contribution is 5.01. The second-order valence-corrected chi connectivity index (χ2v) is 7.81. The molecule has 21 heavy (non-hydrogen) atoms. The summed E-state index contributed by atoms with van der Waals surface area (Å²) in [5, 5.41) is 13.8. The normalized spacial score (nSPS) is 40.1. The molecule has 0 aromatic heterocycles. The lowest BCUT2D eigenvalue weighted by atomic mass is 9.78. The molecule has 3 fully saturated rings. The van der Waals surface area contributed by atoms with Crippen LogP contribution in [-0.4, -0.2) is 71.9 Å². The smallest absolute Gasteiger partial charge is 0.0613 e. The second kappa shape index (κ2) is 6.53. The first-order valence-electron chi connectivity index (χ1n) is 8.95. The minimum Gasteiger partial charge on any atom is -0.394 e. The summed E-state index contributed by atoms with van der Waals surface area (Å²) in [7, 11) is 2.24. The molecule has 1 aliphatic heterocycles. The van der Waals surface area contributed by atoms with Gasteiger partial charge in [-0.3, -0.25) is 4.90 Å². The van der Waals surface area contributed by atoms with Crippen LogP contribution >= 0.6 is 0 Å². The lowest BCUT2D eigenvalue weighted by molar-refractivity contribution is 0.0420. The van der Waals surface area contributed by atoms with Gasteiger partial charge in [0.2, 0.25) is 0 Å². The maximum atomic E-state index is 10.0. The molecule has 0 amide bonds. The van der Waals surface area contributed by atoms with Crippen molar-refractivity contribution in [1.82, 2.24) is 15.1 Å². The maximum Gasteiger partial charge on any atom is 0.0613 e. The molecule has 1 heterocycles. The van der Waals surface area contributed by atoms with Crippen LogP contribution in [0, 0.1) is 0 Å². The van der Waals surface area contributed by atoms with Crippen molar-refractivity contribution in [2.75, 3.05) is 33.3 Å². The number of nitrogens with one attached hydrogen (secondary N) is 1. The third-order valence-corrected chi connectivity index (χ3v) is 5.78. The van der Waals surface area contributed by atoms with Crippen LogP contribution in [0.15, 0.2) is 0 Å². The molecule has 2 saturated carbocycles. The van der Waals surface area contributed by atoms with Gasteiger partial charge in [0.1, 0.15) is 0 Å². The third-order valence-electron chi connectivity index (χ3n) is 5.78. The van der Waals surface area contributed by atoms with E-state index in [0.29, 0.717) is 24.7 Å². The molecule has 4 heteroatoms.